The van der Waals surface area contributed by atoms with Gasteiger partial charge in [-0.25, -0.2) is 0 Å². The van der Waals surface area contributed by atoms with Gasteiger partial charge in [-0.2, -0.15) is 0 Å². The molecule has 0 fully saturated rings. The average Bonchev–Trinajstić information content (AvgIpc) is 2.70. The molecule has 2 heteroatoms. The van der Waals surface area contributed by atoms with Crippen LogP contribution >= 0.6 is 0 Å². The van der Waals surface area contributed by atoms with Crippen LogP contribution in [-0.4, -0.2) is 24.6 Å². The minimum atomic E-state index is 0. The molecule has 1 aromatic carbocycles. The number of hydrogen-bond donors (Lipinski definition) is 0. The van der Waals surface area contributed by atoms with Crippen molar-refractivity contribution >= 4 is 30.7 Å². The first-order chi connectivity index (χ1) is 6.34. The van der Waals surface area contributed by atoms with Crippen molar-refractivity contribution in [2.24, 2.45) is 0 Å². The van der Waals surface area contributed by atoms with Gasteiger partial charge in [0.15, 0.2) is 5.78 Å². The van der Waals surface area contributed by atoms with Gasteiger partial charge in [-0.1, -0.05) is 12.1 Å². The van der Waals surface area contributed by atoms with Crippen molar-refractivity contribution in [1.82, 2.24) is 0 Å². The Hall–Kier alpha value is -0.773. The number of benzene rings is 1. The number of rotatable bonds is 0. The Bertz CT molecular complexity index is 432. The van der Waals surface area contributed by atoms with Crippen molar-refractivity contribution in [2.45, 2.75) is 19.3 Å². The fourth-order valence-electron chi connectivity index (χ4n) is 2.25. The number of allylic oxidation sites excluding steroid dienone is 1. The van der Waals surface area contributed by atoms with E-state index in [0.29, 0.717) is 0 Å². The monoisotopic (exact) mass is 178 g/mol. The van der Waals surface area contributed by atoms with Crippen molar-refractivity contribution in [1.29, 1.82) is 0 Å². The molecule has 0 aromatic heterocycles. The van der Waals surface area contributed by atoms with Crippen LogP contribution in [0.4, 0.5) is 0 Å². The quantitative estimate of drug-likeness (QED) is 0.553. The zero-order valence-corrected chi connectivity index (χ0v) is 7.34. The molecule has 2 aliphatic rings. The summed E-state index contributed by atoms with van der Waals surface area (Å²) in [6.45, 7) is 0. The molecule has 1 aromatic rings. The summed E-state index contributed by atoms with van der Waals surface area (Å²) in [6, 6.07) is 4.26. The van der Waals surface area contributed by atoms with Crippen molar-refractivity contribution in [3.8, 4) is 0 Å². The predicted molar refractivity (Wildman–Crippen MR) is 59.0 cm³/mol. The molecule has 14 heavy (non-hydrogen) atoms. The van der Waals surface area contributed by atoms with E-state index in [1.807, 2.05) is 6.08 Å². The van der Waals surface area contributed by atoms with Crippen LogP contribution in [0.5, 0.6) is 0 Å². The molecule has 1 nitrogen and oxygen atoms in total. The van der Waals surface area contributed by atoms with Gasteiger partial charge < -0.3 is 0 Å². The minimum absolute atomic E-state index is 0. The van der Waals surface area contributed by atoms with Crippen LogP contribution in [-0.2, 0) is 12.8 Å². The van der Waals surface area contributed by atoms with E-state index in [4.69, 9.17) is 0 Å². The van der Waals surface area contributed by atoms with Crippen LogP contribution in [0, 0.1) is 0 Å². The van der Waals surface area contributed by atoms with Crippen LogP contribution in [0.15, 0.2) is 18.2 Å². The molecule has 0 aliphatic heterocycles. The van der Waals surface area contributed by atoms with Gasteiger partial charge in [-0.3, -0.25) is 4.79 Å². The molecule has 3 rings (SSSR count). The topological polar surface area (TPSA) is 17.1 Å². The Kier molecular flexibility index (Phi) is 2.39. The maximum atomic E-state index is 11.4. The van der Waals surface area contributed by atoms with E-state index in [1.54, 1.807) is 6.08 Å². The maximum absolute atomic E-state index is 11.4. The molecular weight excluding hydrogens is 167 g/mol. The number of ketones is 1. The van der Waals surface area contributed by atoms with Crippen molar-refractivity contribution < 1.29 is 4.79 Å². The first kappa shape index (κ1) is 9.77. The van der Waals surface area contributed by atoms with Gasteiger partial charge in [0.05, 0.1) is 0 Å². The SMILES string of the molecule is O=C1C=Cc2cc3c(cc21)CCC3.[LiH]. The molecule has 2 aliphatic carbocycles. The molecule has 0 amide bonds. The third kappa shape index (κ3) is 1.29. The second kappa shape index (κ2) is 3.42. The van der Waals surface area contributed by atoms with Crippen LogP contribution in [0.2, 0.25) is 0 Å². The zero-order valence-electron chi connectivity index (χ0n) is 7.34. The van der Waals surface area contributed by atoms with Gasteiger partial charge in [0.1, 0.15) is 0 Å². The summed E-state index contributed by atoms with van der Waals surface area (Å²) in [6.07, 6.45) is 7.17. The van der Waals surface area contributed by atoms with Crippen LogP contribution in [0.3, 0.4) is 0 Å². The molecule has 0 spiro atoms. The molecule has 0 bridgehead atoms. The van der Waals surface area contributed by atoms with Crippen molar-refractivity contribution in [3.63, 3.8) is 0 Å². The molecule has 0 saturated heterocycles. The van der Waals surface area contributed by atoms with E-state index in [0.717, 1.165) is 17.5 Å². The van der Waals surface area contributed by atoms with Crippen LogP contribution < -0.4 is 0 Å². The number of fused-ring (bicyclic) bond motifs is 2. The fourth-order valence-corrected chi connectivity index (χ4v) is 2.25. The Labute approximate surface area is 95.4 Å². The number of carbonyl (C=O) groups excluding carboxylic acids is 1. The third-order valence-electron chi connectivity index (χ3n) is 2.94. The normalized spacial score (nSPS) is 16.4. The van der Waals surface area contributed by atoms with Gasteiger partial charge in [0.25, 0.3) is 0 Å². The summed E-state index contributed by atoms with van der Waals surface area (Å²) in [4.78, 5) is 11.4. The Balaban J connectivity index is 0.000000750. The zero-order chi connectivity index (χ0) is 8.84. The third-order valence-corrected chi connectivity index (χ3v) is 2.94. The number of carbonyl (C=O) groups is 1. The summed E-state index contributed by atoms with van der Waals surface area (Å²) >= 11 is 0. The molecular formula is C12H11LiO. The van der Waals surface area contributed by atoms with Gasteiger partial charge in [0.2, 0.25) is 0 Å². The summed E-state index contributed by atoms with van der Waals surface area (Å²) in [5.74, 6) is 0.171. The summed E-state index contributed by atoms with van der Waals surface area (Å²) in [5, 5.41) is 0. The van der Waals surface area contributed by atoms with Crippen LogP contribution in [0.1, 0.15) is 33.5 Å². The fraction of sp³-hybridized carbons (Fsp3) is 0.250. The molecule has 0 saturated carbocycles. The van der Waals surface area contributed by atoms with E-state index in [1.165, 1.54) is 24.0 Å². The first-order valence-corrected chi connectivity index (χ1v) is 4.73. The molecule has 66 valence electrons. The first-order valence-electron chi connectivity index (χ1n) is 4.73. The van der Waals surface area contributed by atoms with Crippen LogP contribution in [0.25, 0.3) is 6.08 Å². The summed E-state index contributed by atoms with van der Waals surface area (Å²) in [7, 11) is 0. The van der Waals surface area contributed by atoms with Crippen molar-refractivity contribution in [3.05, 3.63) is 40.5 Å². The number of hydrogen-bond acceptors (Lipinski definition) is 1. The standard InChI is InChI=1S/C12H10O.Li.H/c13-12-5-4-10-6-8-2-1-3-9(8)7-11(10)12;;/h4-7H,1-3H2;;. The molecule has 0 heterocycles. The van der Waals surface area contributed by atoms with E-state index in [-0.39, 0.29) is 24.6 Å². The Morgan fingerprint density at radius 3 is 2.50 bits per heavy atom. The van der Waals surface area contributed by atoms with Gasteiger partial charge in [-0.05, 0) is 48.1 Å². The molecule has 0 radical (unpaired) electrons. The van der Waals surface area contributed by atoms with Gasteiger partial charge in [-0.15, -0.1) is 0 Å². The molecule has 0 N–H and O–H groups in total. The Morgan fingerprint density at radius 1 is 1.00 bits per heavy atom. The summed E-state index contributed by atoms with van der Waals surface area (Å²) in [5.41, 5.74) is 4.85. The Morgan fingerprint density at radius 2 is 1.71 bits per heavy atom. The van der Waals surface area contributed by atoms with Gasteiger partial charge >= 0.3 is 18.9 Å². The second-order valence-electron chi connectivity index (χ2n) is 3.76. The van der Waals surface area contributed by atoms with E-state index in [9.17, 15) is 4.79 Å². The van der Waals surface area contributed by atoms with E-state index in [2.05, 4.69) is 12.1 Å². The predicted octanol–water partition coefficient (Wildman–Crippen LogP) is 1.74. The second-order valence-corrected chi connectivity index (χ2v) is 3.76. The molecule has 0 unspecified atom stereocenters. The number of aryl methyl sites for hydroxylation is 2. The summed E-state index contributed by atoms with van der Waals surface area (Å²) < 4.78 is 0. The van der Waals surface area contributed by atoms with E-state index >= 15 is 0 Å². The molecule has 0 atom stereocenters. The average molecular weight is 178 g/mol. The van der Waals surface area contributed by atoms with Gasteiger partial charge in [0, 0.05) is 5.56 Å². The van der Waals surface area contributed by atoms with Crippen molar-refractivity contribution in [2.75, 3.05) is 0 Å². The van der Waals surface area contributed by atoms with E-state index < -0.39 is 0 Å².